The van der Waals surface area contributed by atoms with Crippen molar-refractivity contribution in [1.82, 2.24) is 0 Å². The van der Waals surface area contributed by atoms with Crippen molar-refractivity contribution >= 4 is 7.82 Å². The maximum Gasteiger partial charge on any atom is 0.267 e. The molecule has 0 bridgehead atoms. The van der Waals surface area contributed by atoms with Gasteiger partial charge in [-0.1, -0.05) is 5.92 Å². The zero-order chi connectivity index (χ0) is 11.7. The van der Waals surface area contributed by atoms with Crippen molar-refractivity contribution in [3.05, 3.63) is 0 Å². The van der Waals surface area contributed by atoms with Gasteiger partial charge in [0, 0.05) is 6.42 Å². The molecule has 0 aromatic carbocycles. The SMILES string of the molecule is C#C[C@]1(CO)OC(OP(=O)([O-])O)C[C@@H]1O. The lowest BCUT2D eigenvalue weighted by Gasteiger charge is -2.24. The van der Waals surface area contributed by atoms with Crippen LogP contribution in [0.5, 0.6) is 0 Å². The third-order valence-corrected chi connectivity index (χ3v) is 2.53. The summed E-state index contributed by atoms with van der Waals surface area (Å²) in [4.78, 5) is 18.7. The van der Waals surface area contributed by atoms with Gasteiger partial charge in [0.05, 0.1) is 6.61 Å². The first-order chi connectivity index (χ1) is 6.83. The molecule has 1 aliphatic rings. The molecule has 1 heterocycles. The normalized spacial score (nSPS) is 39.7. The lowest BCUT2D eigenvalue weighted by molar-refractivity contribution is -0.241. The molecule has 0 amide bonds. The average molecular weight is 237 g/mol. The smallest absolute Gasteiger partial charge is 0.267 e. The van der Waals surface area contributed by atoms with Crippen molar-refractivity contribution in [2.75, 3.05) is 6.61 Å². The van der Waals surface area contributed by atoms with Crippen molar-refractivity contribution < 1.29 is 33.8 Å². The highest BCUT2D eigenvalue weighted by Gasteiger charge is 2.48. The van der Waals surface area contributed by atoms with Gasteiger partial charge in [0.2, 0.25) is 0 Å². The Morgan fingerprint density at radius 2 is 2.40 bits per heavy atom. The molecule has 0 aromatic heterocycles. The van der Waals surface area contributed by atoms with Crippen molar-refractivity contribution in [2.45, 2.75) is 24.4 Å². The van der Waals surface area contributed by atoms with Crippen LogP contribution in [0.15, 0.2) is 0 Å². The molecule has 1 saturated heterocycles. The van der Waals surface area contributed by atoms with E-state index in [2.05, 4.69) is 4.52 Å². The minimum Gasteiger partial charge on any atom is -0.756 e. The van der Waals surface area contributed by atoms with Crippen LogP contribution in [0, 0.1) is 12.3 Å². The van der Waals surface area contributed by atoms with E-state index in [4.69, 9.17) is 21.2 Å². The monoisotopic (exact) mass is 237 g/mol. The van der Waals surface area contributed by atoms with Crippen molar-refractivity contribution in [3.63, 3.8) is 0 Å². The molecule has 1 aliphatic heterocycles. The van der Waals surface area contributed by atoms with E-state index >= 15 is 0 Å². The van der Waals surface area contributed by atoms with Crippen LogP contribution in [0.2, 0.25) is 0 Å². The highest BCUT2D eigenvalue weighted by molar-refractivity contribution is 7.44. The molecule has 0 spiro atoms. The second-order valence-electron chi connectivity index (χ2n) is 3.06. The minimum atomic E-state index is -4.96. The predicted octanol–water partition coefficient (Wildman–Crippen LogP) is -2.06. The third kappa shape index (κ3) is 2.77. The Labute approximate surface area is 85.9 Å². The Morgan fingerprint density at radius 1 is 1.80 bits per heavy atom. The molecule has 4 atom stereocenters. The summed E-state index contributed by atoms with van der Waals surface area (Å²) in [5.74, 6) is 2.02. The van der Waals surface area contributed by atoms with Crippen LogP contribution in [0.3, 0.4) is 0 Å². The number of ether oxygens (including phenoxy) is 1. The van der Waals surface area contributed by atoms with Crippen LogP contribution in [0.4, 0.5) is 0 Å². The Kier molecular flexibility index (Phi) is 3.53. The molecule has 86 valence electrons. The summed E-state index contributed by atoms with van der Waals surface area (Å²) in [6.45, 7) is -0.681. The van der Waals surface area contributed by atoms with E-state index in [1.165, 1.54) is 0 Å². The van der Waals surface area contributed by atoms with Gasteiger partial charge >= 0.3 is 0 Å². The minimum absolute atomic E-state index is 0.252. The number of aliphatic hydroxyl groups is 2. The van der Waals surface area contributed by atoms with Gasteiger partial charge in [-0.15, -0.1) is 6.42 Å². The van der Waals surface area contributed by atoms with Crippen LogP contribution in [0.1, 0.15) is 6.42 Å². The summed E-state index contributed by atoms with van der Waals surface area (Å²) in [5.41, 5.74) is -1.68. The topological polar surface area (TPSA) is 119 Å². The van der Waals surface area contributed by atoms with Gasteiger partial charge in [0.15, 0.2) is 11.9 Å². The fourth-order valence-corrected chi connectivity index (χ4v) is 1.69. The van der Waals surface area contributed by atoms with E-state index in [1.807, 2.05) is 5.92 Å². The maximum absolute atomic E-state index is 10.4. The third-order valence-electron chi connectivity index (χ3n) is 2.03. The first-order valence-electron chi connectivity index (χ1n) is 4.00. The standard InChI is InChI=1S/C7H11O7P/c1-2-7(4-8)5(9)3-6(13-7)14-15(10,11)12/h1,5-6,8-9H,3-4H2,(H2,10,11,12)/p-1/t5-,6?,7+/m0/s1. The van der Waals surface area contributed by atoms with Gasteiger partial charge < -0.3 is 24.7 Å². The van der Waals surface area contributed by atoms with Crippen LogP contribution in [0.25, 0.3) is 0 Å². The lowest BCUT2D eigenvalue weighted by Crippen LogP contribution is -2.41. The van der Waals surface area contributed by atoms with Gasteiger partial charge in [-0.2, -0.15) is 0 Å². The first kappa shape index (κ1) is 12.6. The number of hydrogen-bond acceptors (Lipinski definition) is 6. The number of aliphatic hydroxyl groups excluding tert-OH is 2. The Morgan fingerprint density at radius 3 is 2.73 bits per heavy atom. The molecular formula is C7H10O7P-. The molecule has 15 heavy (non-hydrogen) atoms. The summed E-state index contributed by atoms with van der Waals surface area (Å²) in [7, 11) is -4.96. The second-order valence-corrected chi connectivity index (χ2v) is 4.21. The first-order valence-corrected chi connectivity index (χ1v) is 5.49. The van der Waals surface area contributed by atoms with E-state index in [-0.39, 0.29) is 6.42 Å². The molecular weight excluding hydrogens is 227 g/mol. The van der Waals surface area contributed by atoms with Crippen molar-refractivity contribution in [2.24, 2.45) is 0 Å². The molecule has 1 rings (SSSR count). The van der Waals surface area contributed by atoms with Gasteiger partial charge in [0.1, 0.15) is 6.10 Å². The number of hydrogen-bond donors (Lipinski definition) is 3. The molecule has 3 N–H and O–H groups in total. The zero-order valence-electron chi connectivity index (χ0n) is 7.57. The summed E-state index contributed by atoms with van der Waals surface area (Å²) >= 11 is 0. The number of rotatable bonds is 3. The number of phosphoric ester groups is 1. The maximum atomic E-state index is 10.4. The Hall–Kier alpha value is -0.450. The fraction of sp³-hybridized carbons (Fsp3) is 0.714. The van der Waals surface area contributed by atoms with Crippen LogP contribution in [-0.4, -0.2) is 39.7 Å². The highest BCUT2D eigenvalue weighted by Crippen LogP contribution is 2.40. The van der Waals surface area contributed by atoms with E-state index in [0.717, 1.165) is 0 Å². The summed E-state index contributed by atoms with van der Waals surface area (Å²) in [5, 5.41) is 18.3. The van der Waals surface area contributed by atoms with Gasteiger partial charge in [-0.25, -0.2) is 0 Å². The lowest BCUT2D eigenvalue weighted by atomic mass is 9.99. The Bertz CT molecular complexity index is 318. The van der Waals surface area contributed by atoms with E-state index in [1.54, 1.807) is 0 Å². The molecule has 7 nitrogen and oxygen atoms in total. The second kappa shape index (κ2) is 4.20. The quantitative estimate of drug-likeness (QED) is 0.381. The zero-order valence-corrected chi connectivity index (χ0v) is 8.46. The van der Waals surface area contributed by atoms with E-state index < -0.39 is 32.4 Å². The summed E-state index contributed by atoms with van der Waals surface area (Å²) < 4.78 is 19.3. The fourth-order valence-electron chi connectivity index (χ4n) is 1.27. The predicted molar refractivity (Wildman–Crippen MR) is 45.1 cm³/mol. The van der Waals surface area contributed by atoms with E-state index in [9.17, 15) is 14.6 Å². The van der Waals surface area contributed by atoms with E-state index in [0.29, 0.717) is 0 Å². The molecule has 0 saturated carbocycles. The summed E-state index contributed by atoms with van der Waals surface area (Å²) in [6, 6.07) is 0. The number of phosphoric acid groups is 1. The molecule has 0 aromatic rings. The molecule has 0 aliphatic carbocycles. The van der Waals surface area contributed by atoms with Crippen molar-refractivity contribution in [3.8, 4) is 12.3 Å². The van der Waals surface area contributed by atoms with Gasteiger partial charge in [-0.3, -0.25) is 9.09 Å². The molecule has 1 fully saturated rings. The van der Waals surface area contributed by atoms with Gasteiger partial charge in [0.25, 0.3) is 7.82 Å². The van der Waals surface area contributed by atoms with Crippen LogP contribution < -0.4 is 4.89 Å². The van der Waals surface area contributed by atoms with Crippen molar-refractivity contribution in [1.29, 1.82) is 0 Å². The molecule has 0 radical (unpaired) electrons. The highest BCUT2D eigenvalue weighted by atomic mass is 31.2. The molecule has 8 heteroatoms. The van der Waals surface area contributed by atoms with Crippen LogP contribution in [-0.2, 0) is 13.8 Å². The van der Waals surface area contributed by atoms with Gasteiger partial charge in [-0.05, 0) is 0 Å². The number of terminal acetylenes is 1. The van der Waals surface area contributed by atoms with Crippen LogP contribution >= 0.6 is 7.82 Å². The summed E-state index contributed by atoms with van der Waals surface area (Å²) in [6.07, 6.45) is 2.13. The Balaban J connectivity index is 2.72. The largest absolute Gasteiger partial charge is 0.756 e. The molecule has 2 unspecified atom stereocenters. The average Bonchev–Trinajstić information content (AvgIpc) is 2.40.